The van der Waals surface area contributed by atoms with Crippen molar-refractivity contribution in [3.63, 3.8) is 0 Å². The second kappa shape index (κ2) is 8.42. The SMILES string of the molecule is CCOc1cccc(C2=NN(C(C)=O)[C@H](Cn3nnc4ccccc43)O2)c1OC(C)=O. The molecular formula is C21H21N5O5. The van der Waals surface area contributed by atoms with Crippen molar-refractivity contribution >= 4 is 28.8 Å². The summed E-state index contributed by atoms with van der Waals surface area (Å²) >= 11 is 0. The minimum Gasteiger partial charge on any atom is -0.490 e. The maximum atomic E-state index is 12.2. The van der Waals surface area contributed by atoms with E-state index in [0.717, 1.165) is 11.0 Å². The first kappa shape index (κ1) is 20.3. The number of carbonyl (C=O) groups excluding carboxylic acids is 2. The van der Waals surface area contributed by atoms with Crippen LogP contribution in [0.5, 0.6) is 11.5 Å². The highest BCUT2D eigenvalue weighted by molar-refractivity contribution is 6.00. The van der Waals surface area contributed by atoms with Gasteiger partial charge in [0.1, 0.15) is 12.1 Å². The van der Waals surface area contributed by atoms with Crippen molar-refractivity contribution in [3.05, 3.63) is 48.0 Å². The van der Waals surface area contributed by atoms with Gasteiger partial charge in [-0.2, -0.15) is 5.01 Å². The number of hydrogen-bond acceptors (Lipinski definition) is 8. The Hall–Kier alpha value is -3.95. The van der Waals surface area contributed by atoms with E-state index in [4.69, 9.17) is 14.2 Å². The van der Waals surface area contributed by atoms with Crippen LogP contribution in [0.4, 0.5) is 0 Å². The van der Waals surface area contributed by atoms with E-state index in [1.165, 1.54) is 18.9 Å². The number of hydrogen-bond donors (Lipinski definition) is 0. The van der Waals surface area contributed by atoms with Crippen molar-refractivity contribution < 1.29 is 23.8 Å². The first-order chi connectivity index (χ1) is 15.0. The van der Waals surface area contributed by atoms with Gasteiger partial charge in [-0.1, -0.05) is 23.4 Å². The standard InChI is InChI=1S/C21H21N5O5/c1-4-29-18-11-7-8-15(20(18)30-14(3)28)21-23-26(13(2)27)19(31-21)12-25-17-10-6-5-9-16(17)22-24-25/h5-11,19H,4,12H2,1-3H3/t19-/m0/s1. The zero-order valence-corrected chi connectivity index (χ0v) is 17.3. The minimum atomic E-state index is -0.751. The molecule has 1 amide bonds. The molecule has 10 nitrogen and oxygen atoms in total. The normalized spacial score (nSPS) is 15.5. The molecular weight excluding hydrogens is 402 g/mol. The first-order valence-electron chi connectivity index (χ1n) is 9.75. The van der Waals surface area contributed by atoms with Crippen LogP contribution in [0.3, 0.4) is 0 Å². The fourth-order valence-electron chi connectivity index (χ4n) is 3.27. The molecule has 1 atom stereocenters. The molecule has 0 saturated carbocycles. The van der Waals surface area contributed by atoms with E-state index >= 15 is 0 Å². The summed E-state index contributed by atoms with van der Waals surface area (Å²) in [6.45, 7) is 5.10. The van der Waals surface area contributed by atoms with Crippen LogP contribution in [0, 0.1) is 0 Å². The van der Waals surface area contributed by atoms with Crippen LogP contribution in [0.1, 0.15) is 26.3 Å². The average molecular weight is 423 g/mol. The minimum absolute atomic E-state index is 0.141. The molecule has 0 bridgehead atoms. The van der Waals surface area contributed by atoms with Gasteiger partial charge in [0, 0.05) is 13.8 Å². The van der Waals surface area contributed by atoms with E-state index in [1.54, 1.807) is 22.9 Å². The lowest BCUT2D eigenvalue weighted by atomic mass is 10.2. The number of fused-ring (bicyclic) bond motifs is 1. The summed E-state index contributed by atoms with van der Waals surface area (Å²) in [4.78, 5) is 23.9. The number of nitrogens with zero attached hydrogens (tertiary/aromatic N) is 5. The molecule has 0 unspecified atom stereocenters. The van der Waals surface area contributed by atoms with E-state index in [9.17, 15) is 9.59 Å². The topological polar surface area (TPSA) is 108 Å². The summed E-state index contributed by atoms with van der Waals surface area (Å²) < 4.78 is 18.6. The van der Waals surface area contributed by atoms with E-state index in [2.05, 4.69) is 15.4 Å². The number of esters is 1. The fraction of sp³-hybridized carbons (Fsp3) is 0.286. The molecule has 1 aliphatic heterocycles. The second-order valence-corrected chi connectivity index (χ2v) is 6.76. The molecule has 0 radical (unpaired) electrons. The number of aromatic nitrogens is 3. The van der Waals surface area contributed by atoms with Crippen LogP contribution in [0.2, 0.25) is 0 Å². The Morgan fingerprint density at radius 2 is 1.94 bits per heavy atom. The van der Waals surface area contributed by atoms with Crippen LogP contribution < -0.4 is 9.47 Å². The van der Waals surface area contributed by atoms with Gasteiger partial charge >= 0.3 is 5.97 Å². The van der Waals surface area contributed by atoms with Crippen LogP contribution in [-0.4, -0.2) is 50.6 Å². The Morgan fingerprint density at radius 1 is 1.13 bits per heavy atom. The number of para-hydroxylation sites is 2. The van der Waals surface area contributed by atoms with Gasteiger partial charge in [0.15, 0.2) is 11.5 Å². The van der Waals surface area contributed by atoms with E-state index in [-0.39, 0.29) is 24.1 Å². The largest absolute Gasteiger partial charge is 0.490 e. The third kappa shape index (κ3) is 4.04. The molecule has 0 saturated heterocycles. The van der Waals surface area contributed by atoms with Gasteiger partial charge in [-0.05, 0) is 31.2 Å². The van der Waals surface area contributed by atoms with Crippen LogP contribution >= 0.6 is 0 Å². The second-order valence-electron chi connectivity index (χ2n) is 6.76. The van der Waals surface area contributed by atoms with Gasteiger partial charge < -0.3 is 14.2 Å². The Balaban J connectivity index is 1.67. The molecule has 3 aromatic rings. The van der Waals surface area contributed by atoms with E-state index in [0.29, 0.717) is 17.9 Å². The maximum Gasteiger partial charge on any atom is 0.308 e. The van der Waals surface area contributed by atoms with Gasteiger partial charge in [-0.15, -0.1) is 10.2 Å². The molecule has 0 fully saturated rings. The van der Waals surface area contributed by atoms with Crippen molar-refractivity contribution in [1.82, 2.24) is 20.0 Å². The monoisotopic (exact) mass is 423 g/mol. The van der Waals surface area contributed by atoms with Crippen molar-refractivity contribution in [2.45, 2.75) is 33.5 Å². The number of carbonyl (C=O) groups is 2. The number of rotatable bonds is 6. The summed E-state index contributed by atoms with van der Waals surface area (Å²) in [5.41, 5.74) is 1.94. The fourth-order valence-corrected chi connectivity index (χ4v) is 3.27. The van der Waals surface area contributed by atoms with Gasteiger partial charge in [0.25, 0.3) is 0 Å². The maximum absolute atomic E-state index is 12.2. The highest BCUT2D eigenvalue weighted by atomic mass is 16.6. The zero-order valence-electron chi connectivity index (χ0n) is 17.3. The lowest BCUT2D eigenvalue weighted by Crippen LogP contribution is -2.35. The molecule has 1 aliphatic rings. The summed E-state index contributed by atoms with van der Waals surface area (Å²) in [7, 11) is 0. The molecule has 31 heavy (non-hydrogen) atoms. The van der Waals surface area contributed by atoms with Gasteiger partial charge in [0.05, 0.1) is 17.7 Å². The van der Waals surface area contributed by atoms with Crippen molar-refractivity contribution in [3.8, 4) is 11.5 Å². The average Bonchev–Trinajstić information content (AvgIpc) is 3.34. The van der Waals surface area contributed by atoms with Gasteiger partial charge in [0.2, 0.25) is 18.0 Å². The Kier molecular flexibility index (Phi) is 5.52. The summed E-state index contributed by atoms with van der Waals surface area (Å²) in [5, 5.41) is 13.9. The molecule has 0 aliphatic carbocycles. The quantitative estimate of drug-likeness (QED) is 0.442. The number of ether oxygens (including phenoxy) is 3. The van der Waals surface area contributed by atoms with Gasteiger partial charge in [-0.3, -0.25) is 9.59 Å². The van der Waals surface area contributed by atoms with E-state index in [1.807, 2.05) is 31.2 Å². The van der Waals surface area contributed by atoms with Crippen LogP contribution in [0.15, 0.2) is 47.6 Å². The van der Waals surface area contributed by atoms with Crippen molar-refractivity contribution in [2.24, 2.45) is 5.10 Å². The van der Waals surface area contributed by atoms with Crippen LogP contribution in [-0.2, 0) is 20.9 Å². The van der Waals surface area contributed by atoms with Gasteiger partial charge in [-0.25, -0.2) is 4.68 Å². The first-order valence-corrected chi connectivity index (χ1v) is 9.75. The third-order valence-corrected chi connectivity index (χ3v) is 4.55. The predicted octanol–water partition coefficient (Wildman–Crippen LogP) is 2.32. The lowest BCUT2D eigenvalue weighted by molar-refractivity contribution is -0.135. The molecule has 10 heteroatoms. The Morgan fingerprint density at radius 3 is 2.68 bits per heavy atom. The smallest absolute Gasteiger partial charge is 0.308 e. The molecule has 0 N–H and O–H groups in total. The Bertz CT molecular complexity index is 1170. The summed E-state index contributed by atoms with van der Waals surface area (Å²) in [6.07, 6.45) is -0.751. The van der Waals surface area contributed by atoms with E-state index < -0.39 is 12.2 Å². The molecule has 160 valence electrons. The lowest BCUT2D eigenvalue weighted by Gasteiger charge is -2.19. The summed E-state index contributed by atoms with van der Waals surface area (Å²) in [5.74, 6) is -0.115. The van der Waals surface area contributed by atoms with Crippen molar-refractivity contribution in [2.75, 3.05) is 6.61 Å². The molecule has 2 heterocycles. The Labute approximate surface area is 178 Å². The molecule has 4 rings (SSSR count). The summed E-state index contributed by atoms with van der Waals surface area (Å²) in [6, 6.07) is 12.6. The number of hydrazone groups is 1. The highest BCUT2D eigenvalue weighted by Crippen LogP contribution is 2.34. The van der Waals surface area contributed by atoms with Crippen molar-refractivity contribution in [1.29, 1.82) is 0 Å². The highest BCUT2D eigenvalue weighted by Gasteiger charge is 2.34. The zero-order chi connectivity index (χ0) is 22.0. The predicted molar refractivity (Wildman–Crippen MR) is 110 cm³/mol. The number of amides is 1. The third-order valence-electron chi connectivity index (χ3n) is 4.55. The molecule has 0 spiro atoms. The van der Waals surface area contributed by atoms with Crippen LogP contribution in [0.25, 0.3) is 11.0 Å². The number of benzene rings is 2. The molecule has 1 aromatic heterocycles. The molecule has 2 aromatic carbocycles.